The maximum absolute atomic E-state index is 6.26. The average Bonchev–Trinajstić information content (AvgIpc) is 3.37. The smallest absolute Gasteiger partial charge is 0.186 e. The van der Waals surface area contributed by atoms with Crippen molar-refractivity contribution in [2.45, 2.75) is 13.8 Å². The molecule has 1 aliphatic heterocycles. The first-order chi connectivity index (χ1) is 14.1. The minimum atomic E-state index is 0.650. The van der Waals surface area contributed by atoms with Crippen LogP contribution in [0.5, 0.6) is 5.75 Å². The number of rotatable bonds is 4. The number of fused-ring (bicyclic) bond motifs is 2. The van der Waals surface area contributed by atoms with Gasteiger partial charge in [0.2, 0.25) is 0 Å². The number of piperazine rings is 1. The molecule has 5 nitrogen and oxygen atoms in total. The fourth-order valence-electron chi connectivity index (χ4n) is 3.63. The van der Waals surface area contributed by atoms with E-state index in [2.05, 4.69) is 21.9 Å². The molecular formula is C21H21ClN4OS2. The molecule has 0 radical (unpaired) electrons. The molecule has 1 saturated heterocycles. The molecule has 0 bridgehead atoms. The molecule has 0 unspecified atom stereocenters. The number of aryl methyl sites for hydroxylation is 1. The van der Waals surface area contributed by atoms with Gasteiger partial charge in [0, 0.05) is 31.2 Å². The predicted molar refractivity (Wildman–Crippen MR) is 125 cm³/mol. The van der Waals surface area contributed by atoms with Gasteiger partial charge < -0.3 is 14.5 Å². The Labute approximate surface area is 182 Å². The van der Waals surface area contributed by atoms with E-state index in [1.54, 1.807) is 22.7 Å². The molecule has 0 aliphatic carbocycles. The summed E-state index contributed by atoms with van der Waals surface area (Å²) in [6, 6.07) is 10.2. The van der Waals surface area contributed by atoms with Crippen LogP contribution in [0.1, 0.15) is 12.5 Å². The van der Waals surface area contributed by atoms with E-state index in [-0.39, 0.29) is 0 Å². The highest BCUT2D eigenvalue weighted by Gasteiger charge is 2.23. The van der Waals surface area contributed by atoms with Crippen molar-refractivity contribution in [3.8, 4) is 5.75 Å². The molecule has 0 saturated carbocycles. The van der Waals surface area contributed by atoms with Gasteiger partial charge >= 0.3 is 0 Å². The highest BCUT2D eigenvalue weighted by atomic mass is 35.5. The minimum Gasteiger partial charge on any atom is -0.492 e. The number of para-hydroxylation sites is 1. The van der Waals surface area contributed by atoms with E-state index in [9.17, 15) is 0 Å². The molecule has 2 aromatic heterocycles. The lowest BCUT2D eigenvalue weighted by Gasteiger charge is -2.34. The van der Waals surface area contributed by atoms with Crippen molar-refractivity contribution in [3.63, 3.8) is 0 Å². The van der Waals surface area contributed by atoms with Crippen LogP contribution in [-0.4, -0.2) is 42.8 Å². The molecule has 4 aromatic rings. The molecule has 0 N–H and O–H groups in total. The lowest BCUT2D eigenvalue weighted by molar-refractivity contribution is 0.344. The topological polar surface area (TPSA) is 41.5 Å². The van der Waals surface area contributed by atoms with Gasteiger partial charge in [-0.05, 0) is 43.7 Å². The van der Waals surface area contributed by atoms with E-state index in [0.29, 0.717) is 6.61 Å². The van der Waals surface area contributed by atoms with Gasteiger partial charge in [-0.1, -0.05) is 40.3 Å². The van der Waals surface area contributed by atoms with Crippen LogP contribution in [0, 0.1) is 6.92 Å². The van der Waals surface area contributed by atoms with Crippen molar-refractivity contribution in [2.24, 2.45) is 0 Å². The summed E-state index contributed by atoms with van der Waals surface area (Å²) < 4.78 is 8.11. The number of benzene rings is 2. The summed E-state index contributed by atoms with van der Waals surface area (Å²) in [5.74, 6) is 0.870. The largest absolute Gasteiger partial charge is 0.492 e. The Morgan fingerprint density at radius 2 is 1.55 bits per heavy atom. The molecular weight excluding hydrogens is 424 g/mol. The zero-order chi connectivity index (χ0) is 20.0. The molecule has 0 amide bonds. The Bertz CT molecular complexity index is 1180. The predicted octanol–water partition coefficient (Wildman–Crippen LogP) is 5.59. The molecule has 5 rings (SSSR count). The van der Waals surface area contributed by atoms with Crippen molar-refractivity contribution in [3.05, 3.63) is 40.9 Å². The number of anilines is 2. The third-order valence-corrected chi connectivity index (χ3v) is 7.80. The summed E-state index contributed by atoms with van der Waals surface area (Å²) in [6.07, 6.45) is 0. The van der Waals surface area contributed by atoms with Crippen LogP contribution in [0.4, 0.5) is 10.3 Å². The van der Waals surface area contributed by atoms with E-state index in [0.717, 1.165) is 63.8 Å². The van der Waals surface area contributed by atoms with Gasteiger partial charge in [-0.3, -0.25) is 0 Å². The number of hydrogen-bond donors (Lipinski definition) is 0. The number of nitrogens with zero attached hydrogens (tertiary/aromatic N) is 4. The molecule has 0 atom stereocenters. The Kier molecular flexibility index (Phi) is 4.97. The third-order valence-electron chi connectivity index (χ3n) is 5.23. The highest BCUT2D eigenvalue weighted by Crippen LogP contribution is 2.36. The second kappa shape index (κ2) is 7.63. The Hall–Kier alpha value is -2.09. The molecule has 1 aliphatic rings. The van der Waals surface area contributed by atoms with Crippen LogP contribution in [-0.2, 0) is 0 Å². The Morgan fingerprint density at radius 3 is 2.21 bits per heavy atom. The summed E-state index contributed by atoms with van der Waals surface area (Å²) in [4.78, 5) is 14.5. The summed E-state index contributed by atoms with van der Waals surface area (Å²) in [5.41, 5.74) is 3.05. The van der Waals surface area contributed by atoms with Crippen molar-refractivity contribution in [1.29, 1.82) is 0 Å². The zero-order valence-electron chi connectivity index (χ0n) is 16.3. The van der Waals surface area contributed by atoms with Crippen molar-refractivity contribution < 1.29 is 4.74 Å². The minimum absolute atomic E-state index is 0.650. The van der Waals surface area contributed by atoms with E-state index < -0.39 is 0 Å². The average molecular weight is 445 g/mol. The van der Waals surface area contributed by atoms with Gasteiger partial charge in [0.1, 0.15) is 11.3 Å². The van der Waals surface area contributed by atoms with Gasteiger partial charge in [-0.2, -0.15) is 0 Å². The number of halogens is 1. The van der Waals surface area contributed by atoms with E-state index in [1.807, 2.05) is 32.0 Å². The molecule has 2 aromatic carbocycles. The number of thiazole rings is 2. The first kappa shape index (κ1) is 18.9. The lowest BCUT2D eigenvalue weighted by Crippen LogP contribution is -2.46. The fourth-order valence-corrected chi connectivity index (χ4v) is 5.90. The molecule has 29 heavy (non-hydrogen) atoms. The maximum atomic E-state index is 6.26. The van der Waals surface area contributed by atoms with Gasteiger partial charge in [0.05, 0.1) is 21.5 Å². The monoisotopic (exact) mass is 444 g/mol. The summed E-state index contributed by atoms with van der Waals surface area (Å²) in [7, 11) is 0. The first-order valence-corrected chi connectivity index (χ1v) is 11.7. The summed E-state index contributed by atoms with van der Waals surface area (Å²) in [6.45, 7) is 8.41. The zero-order valence-corrected chi connectivity index (χ0v) is 18.7. The van der Waals surface area contributed by atoms with Crippen molar-refractivity contribution in [2.75, 3.05) is 42.6 Å². The van der Waals surface area contributed by atoms with E-state index in [4.69, 9.17) is 26.3 Å². The van der Waals surface area contributed by atoms with E-state index in [1.165, 1.54) is 9.40 Å². The second-order valence-corrected chi connectivity index (χ2v) is 9.45. The molecule has 3 heterocycles. The normalized spacial score (nSPS) is 14.9. The molecule has 150 valence electrons. The second-order valence-electron chi connectivity index (χ2n) is 7.02. The van der Waals surface area contributed by atoms with Gasteiger partial charge in [0.25, 0.3) is 0 Å². The first-order valence-electron chi connectivity index (χ1n) is 9.72. The number of ether oxygens (including phenoxy) is 1. The Morgan fingerprint density at radius 1 is 0.931 bits per heavy atom. The van der Waals surface area contributed by atoms with Crippen molar-refractivity contribution in [1.82, 2.24) is 9.97 Å². The fraction of sp³-hybridized carbons (Fsp3) is 0.333. The Balaban J connectivity index is 1.35. The summed E-state index contributed by atoms with van der Waals surface area (Å²) in [5, 5.41) is 2.92. The van der Waals surface area contributed by atoms with Crippen LogP contribution in [0.3, 0.4) is 0 Å². The van der Waals surface area contributed by atoms with Crippen LogP contribution in [0.25, 0.3) is 20.4 Å². The maximum Gasteiger partial charge on any atom is 0.186 e. The van der Waals surface area contributed by atoms with Crippen LogP contribution in [0.2, 0.25) is 5.02 Å². The third kappa shape index (κ3) is 3.41. The van der Waals surface area contributed by atoms with Gasteiger partial charge in [-0.25, -0.2) is 9.97 Å². The van der Waals surface area contributed by atoms with Crippen LogP contribution < -0.4 is 14.5 Å². The lowest BCUT2D eigenvalue weighted by atomic mass is 10.2. The molecule has 1 fully saturated rings. The number of aromatic nitrogens is 2. The van der Waals surface area contributed by atoms with Crippen LogP contribution >= 0.6 is 34.3 Å². The quantitative estimate of drug-likeness (QED) is 0.410. The molecule has 8 heteroatoms. The SMILES string of the molecule is CCOc1cccc2sc(N3CCN(c4nc5c(C)c(Cl)ccc5s4)CC3)nc12. The molecule has 0 spiro atoms. The van der Waals surface area contributed by atoms with Crippen molar-refractivity contribution >= 4 is 65.0 Å². The van der Waals surface area contributed by atoms with Gasteiger partial charge in [-0.15, -0.1) is 0 Å². The van der Waals surface area contributed by atoms with Gasteiger partial charge in [0.15, 0.2) is 10.3 Å². The number of hydrogen-bond acceptors (Lipinski definition) is 7. The van der Waals surface area contributed by atoms with E-state index >= 15 is 0 Å². The van der Waals surface area contributed by atoms with Crippen LogP contribution in [0.15, 0.2) is 30.3 Å². The standard InChI is InChI=1S/C21H21ClN4OS2/c1-3-27-15-5-4-6-16-19(15)24-21(28-16)26-11-9-25(10-12-26)20-23-18-13(2)14(22)7-8-17(18)29-20/h4-8H,3,9-12H2,1-2H3. The highest BCUT2D eigenvalue weighted by molar-refractivity contribution is 7.22. The summed E-state index contributed by atoms with van der Waals surface area (Å²) >= 11 is 9.74.